The first-order chi connectivity index (χ1) is 8.49. The zero-order chi connectivity index (χ0) is 13.3. The van der Waals surface area contributed by atoms with Crippen LogP contribution in [-0.4, -0.2) is 16.1 Å². The molecular formula is C13H9F2NO2. The summed E-state index contributed by atoms with van der Waals surface area (Å²) in [5.74, 6) is -2.48. The molecule has 1 N–H and O–H groups in total. The lowest BCUT2D eigenvalue weighted by atomic mass is 10.0. The number of carbonyl (C=O) groups is 1. The predicted molar refractivity (Wildman–Crippen MR) is 61.3 cm³/mol. The smallest absolute Gasteiger partial charge is 0.354 e. The Morgan fingerprint density at radius 3 is 2.50 bits per heavy atom. The van der Waals surface area contributed by atoms with Crippen molar-refractivity contribution in [2.24, 2.45) is 0 Å². The van der Waals surface area contributed by atoms with Gasteiger partial charge >= 0.3 is 5.97 Å². The lowest BCUT2D eigenvalue weighted by Crippen LogP contribution is -1.99. The summed E-state index contributed by atoms with van der Waals surface area (Å²) >= 11 is 0. The van der Waals surface area contributed by atoms with Gasteiger partial charge in [0.1, 0.15) is 17.3 Å². The SMILES string of the molecule is Cc1cc(-c2ccc(C(=O)O)nc2)c(F)cc1F. The van der Waals surface area contributed by atoms with Gasteiger partial charge in [-0.3, -0.25) is 0 Å². The Bertz CT molecular complexity index is 609. The van der Waals surface area contributed by atoms with Crippen molar-refractivity contribution in [1.82, 2.24) is 4.98 Å². The minimum atomic E-state index is -1.16. The van der Waals surface area contributed by atoms with Crippen LogP contribution in [0.3, 0.4) is 0 Å². The Morgan fingerprint density at radius 2 is 1.94 bits per heavy atom. The number of aryl methyl sites for hydroxylation is 1. The van der Waals surface area contributed by atoms with Gasteiger partial charge in [0.2, 0.25) is 0 Å². The number of halogens is 2. The first kappa shape index (κ1) is 12.2. The van der Waals surface area contributed by atoms with E-state index in [4.69, 9.17) is 5.11 Å². The molecule has 5 heteroatoms. The molecular weight excluding hydrogens is 240 g/mol. The molecule has 0 atom stereocenters. The fourth-order valence-electron chi connectivity index (χ4n) is 1.56. The fourth-order valence-corrected chi connectivity index (χ4v) is 1.56. The monoisotopic (exact) mass is 249 g/mol. The van der Waals surface area contributed by atoms with E-state index >= 15 is 0 Å². The fraction of sp³-hybridized carbons (Fsp3) is 0.0769. The third kappa shape index (κ3) is 2.20. The number of aromatic nitrogens is 1. The quantitative estimate of drug-likeness (QED) is 0.889. The predicted octanol–water partition coefficient (Wildman–Crippen LogP) is 3.03. The van der Waals surface area contributed by atoms with Gasteiger partial charge in [-0.2, -0.15) is 0 Å². The minimum Gasteiger partial charge on any atom is -0.477 e. The van der Waals surface area contributed by atoms with Crippen LogP contribution >= 0.6 is 0 Å². The van der Waals surface area contributed by atoms with Gasteiger partial charge in [0, 0.05) is 23.4 Å². The van der Waals surface area contributed by atoms with Crippen molar-refractivity contribution < 1.29 is 18.7 Å². The molecule has 0 aliphatic carbocycles. The van der Waals surface area contributed by atoms with Crippen LogP contribution < -0.4 is 0 Å². The molecule has 3 nitrogen and oxygen atoms in total. The molecule has 0 aliphatic heterocycles. The van der Waals surface area contributed by atoms with Crippen molar-refractivity contribution in [2.45, 2.75) is 6.92 Å². The number of hydrogen-bond donors (Lipinski definition) is 1. The maximum Gasteiger partial charge on any atom is 0.354 e. The highest BCUT2D eigenvalue weighted by Crippen LogP contribution is 2.25. The van der Waals surface area contributed by atoms with E-state index in [2.05, 4.69) is 4.98 Å². The summed E-state index contributed by atoms with van der Waals surface area (Å²) < 4.78 is 26.7. The van der Waals surface area contributed by atoms with Crippen LogP contribution in [0.4, 0.5) is 8.78 Å². The minimum absolute atomic E-state index is 0.127. The van der Waals surface area contributed by atoms with Crippen LogP contribution in [0, 0.1) is 18.6 Å². The molecule has 0 unspecified atom stereocenters. The summed E-state index contributed by atoms with van der Waals surface area (Å²) in [6, 6.07) is 4.87. The molecule has 0 spiro atoms. The van der Waals surface area contributed by atoms with E-state index in [1.54, 1.807) is 0 Å². The van der Waals surface area contributed by atoms with E-state index in [9.17, 15) is 13.6 Å². The van der Waals surface area contributed by atoms with Crippen molar-refractivity contribution >= 4 is 5.97 Å². The number of benzene rings is 1. The number of hydrogen-bond acceptors (Lipinski definition) is 2. The maximum absolute atomic E-state index is 13.6. The number of pyridine rings is 1. The lowest BCUT2D eigenvalue weighted by molar-refractivity contribution is 0.0690. The number of carboxylic acid groups (broad SMARTS) is 1. The summed E-state index contributed by atoms with van der Waals surface area (Å²) in [6.45, 7) is 1.53. The van der Waals surface area contributed by atoms with Gasteiger partial charge in [-0.05, 0) is 24.6 Å². The number of carboxylic acids is 1. The lowest BCUT2D eigenvalue weighted by Gasteiger charge is -2.06. The topological polar surface area (TPSA) is 50.2 Å². The maximum atomic E-state index is 13.6. The highest BCUT2D eigenvalue weighted by molar-refractivity contribution is 5.85. The third-order valence-electron chi connectivity index (χ3n) is 2.54. The van der Waals surface area contributed by atoms with Crippen molar-refractivity contribution in [2.75, 3.05) is 0 Å². The molecule has 1 aromatic carbocycles. The molecule has 0 saturated heterocycles. The Labute approximate surface area is 102 Å². The van der Waals surface area contributed by atoms with Crippen molar-refractivity contribution in [3.8, 4) is 11.1 Å². The molecule has 0 radical (unpaired) electrons. The second-order valence-electron chi connectivity index (χ2n) is 3.82. The highest BCUT2D eigenvalue weighted by Gasteiger charge is 2.11. The highest BCUT2D eigenvalue weighted by atomic mass is 19.1. The Hall–Kier alpha value is -2.30. The first-order valence-electron chi connectivity index (χ1n) is 5.14. The van der Waals surface area contributed by atoms with Crippen molar-refractivity contribution in [3.05, 3.63) is 53.4 Å². The zero-order valence-corrected chi connectivity index (χ0v) is 9.45. The van der Waals surface area contributed by atoms with E-state index in [-0.39, 0.29) is 11.3 Å². The van der Waals surface area contributed by atoms with E-state index in [0.29, 0.717) is 11.1 Å². The van der Waals surface area contributed by atoms with Crippen LogP contribution in [-0.2, 0) is 0 Å². The molecule has 92 valence electrons. The summed E-state index contributed by atoms with van der Waals surface area (Å²) in [6.07, 6.45) is 1.25. The van der Waals surface area contributed by atoms with Gasteiger partial charge in [-0.1, -0.05) is 6.07 Å². The Kier molecular flexibility index (Phi) is 3.06. The van der Waals surface area contributed by atoms with E-state index < -0.39 is 17.6 Å². The third-order valence-corrected chi connectivity index (χ3v) is 2.54. The summed E-state index contributed by atoms with van der Waals surface area (Å²) in [5, 5.41) is 8.70. The second-order valence-corrected chi connectivity index (χ2v) is 3.82. The van der Waals surface area contributed by atoms with Crippen LogP contribution in [0.15, 0.2) is 30.5 Å². The molecule has 0 amide bonds. The standard InChI is InChI=1S/C13H9F2NO2/c1-7-4-9(11(15)5-10(7)14)8-2-3-12(13(17)18)16-6-8/h2-6H,1H3,(H,17,18). The molecule has 2 rings (SSSR count). The second kappa shape index (κ2) is 4.52. The van der Waals surface area contributed by atoms with Crippen molar-refractivity contribution in [3.63, 3.8) is 0 Å². The zero-order valence-electron chi connectivity index (χ0n) is 9.45. The Balaban J connectivity index is 2.49. The summed E-state index contributed by atoms with van der Waals surface area (Å²) in [5.41, 5.74) is 0.783. The molecule has 0 saturated carbocycles. The van der Waals surface area contributed by atoms with Crippen LogP contribution in [0.1, 0.15) is 16.1 Å². The van der Waals surface area contributed by atoms with Gasteiger partial charge in [0.15, 0.2) is 0 Å². The summed E-state index contributed by atoms with van der Waals surface area (Å²) in [4.78, 5) is 14.3. The number of aromatic carboxylic acids is 1. The molecule has 0 bridgehead atoms. The molecule has 18 heavy (non-hydrogen) atoms. The molecule has 0 aliphatic rings. The first-order valence-corrected chi connectivity index (χ1v) is 5.14. The van der Waals surface area contributed by atoms with Crippen LogP contribution in [0.5, 0.6) is 0 Å². The molecule has 1 aromatic heterocycles. The summed E-state index contributed by atoms with van der Waals surface area (Å²) in [7, 11) is 0. The van der Waals surface area contributed by atoms with Crippen LogP contribution in [0.25, 0.3) is 11.1 Å². The largest absolute Gasteiger partial charge is 0.477 e. The van der Waals surface area contributed by atoms with E-state index in [0.717, 1.165) is 6.07 Å². The average Bonchev–Trinajstić information content (AvgIpc) is 2.34. The van der Waals surface area contributed by atoms with E-state index in [1.807, 2.05) is 0 Å². The molecule has 2 aromatic rings. The number of rotatable bonds is 2. The van der Waals surface area contributed by atoms with Gasteiger partial charge in [0.25, 0.3) is 0 Å². The molecule has 1 heterocycles. The normalized spacial score (nSPS) is 10.4. The van der Waals surface area contributed by atoms with Crippen molar-refractivity contribution in [1.29, 1.82) is 0 Å². The Morgan fingerprint density at radius 1 is 1.22 bits per heavy atom. The average molecular weight is 249 g/mol. The number of nitrogens with zero attached hydrogens (tertiary/aromatic N) is 1. The molecule has 0 fully saturated rings. The van der Waals surface area contributed by atoms with E-state index in [1.165, 1.54) is 31.3 Å². The van der Waals surface area contributed by atoms with Gasteiger partial charge in [0.05, 0.1) is 0 Å². The van der Waals surface area contributed by atoms with Gasteiger partial charge in [-0.25, -0.2) is 18.6 Å². The van der Waals surface area contributed by atoms with Crippen LogP contribution in [0.2, 0.25) is 0 Å². The van der Waals surface area contributed by atoms with Gasteiger partial charge in [-0.15, -0.1) is 0 Å². The van der Waals surface area contributed by atoms with Gasteiger partial charge < -0.3 is 5.11 Å².